The summed E-state index contributed by atoms with van der Waals surface area (Å²) in [6, 6.07) is 1.10. The fourth-order valence-corrected chi connectivity index (χ4v) is 4.27. The van der Waals surface area contributed by atoms with Gasteiger partial charge in [-0.25, -0.2) is 9.18 Å². The van der Waals surface area contributed by atoms with E-state index in [4.69, 9.17) is 4.74 Å². The lowest BCUT2D eigenvalue weighted by Crippen LogP contribution is -2.11. The maximum absolute atomic E-state index is 14.1. The van der Waals surface area contributed by atoms with Crippen LogP contribution in [0.3, 0.4) is 0 Å². The molecule has 23 heavy (non-hydrogen) atoms. The predicted molar refractivity (Wildman–Crippen MR) is 85.7 cm³/mol. The second kappa shape index (κ2) is 6.43. The van der Waals surface area contributed by atoms with Gasteiger partial charge in [-0.1, -0.05) is 5.57 Å². The number of hydrogen-bond acceptors (Lipinski definition) is 3. The molecule has 0 aliphatic heterocycles. The van der Waals surface area contributed by atoms with Gasteiger partial charge in [0.25, 0.3) is 6.47 Å². The number of carbonyl (C=O) groups excluding carboxylic acids is 1. The summed E-state index contributed by atoms with van der Waals surface area (Å²) >= 11 is 3.28. The van der Waals surface area contributed by atoms with E-state index in [0.717, 1.165) is 42.9 Å². The van der Waals surface area contributed by atoms with E-state index in [9.17, 15) is 19.1 Å². The summed E-state index contributed by atoms with van der Waals surface area (Å²) in [5.41, 5.74) is 3.77. The Bertz CT molecular complexity index is 711. The Hall–Kier alpha value is -1.69. The zero-order valence-electron chi connectivity index (χ0n) is 12.4. The maximum Gasteiger partial charge on any atom is 0.336 e. The first-order valence-electron chi connectivity index (χ1n) is 7.53. The number of rotatable bonds is 5. The Morgan fingerprint density at radius 3 is 3.00 bits per heavy atom. The standard InChI is InChI=1S/C17H16BrFO4/c18-16-14(19)7-13(17(21)22)12-6-10-5-9(3-4-23-8-20)1-2-11(10)15(12)16/h7-9H,1-6H2,(H,21,22). The van der Waals surface area contributed by atoms with Crippen LogP contribution in [-0.2, 0) is 16.0 Å². The lowest BCUT2D eigenvalue weighted by molar-refractivity contribution is -0.129. The number of carboxylic acid groups (broad SMARTS) is 1. The summed E-state index contributed by atoms with van der Waals surface area (Å²) in [5, 5.41) is 9.34. The number of ether oxygens (including phenoxy) is 1. The van der Waals surface area contributed by atoms with Crippen LogP contribution in [0.4, 0.5) is 4.39 Å². The van der Waals surface area contributed by atoms with E-state index in [1.165, 1.54) is 5.57 Å². The van der Waals surface area contributed by atoms with Gasteiger partial charge in [0.05, 0.1) is 16.6 Å². The van der Waals surface area contributed by atoms with Crippen molar-refractivity contribution in [1.29, 1.82) is 0 Å². The van der Waals surface area contributed by atoms with E-state index >= 15 is 0 Å². The Kier molecular flexibility index (Phi) is 4.53. The van der Waals surface area contributed by atoms with E-state index in [1.807, 2.05) is 0 Å². The summed E-state index contributed by atoms with van der Waals surface area (Å²) in [5.74, 6) is -1.21. The lowest BCUT2D eigenvalue weighted by atomic mass is 9.82. The van der Waals surface area contributed by atoms with Gasteiger partial charge in [0.2, 0.25) is 0 Å². The first-order valence-corrected chi connectivity index (χ1v) is 8.33. The first kappa shape index (κ1) is 16.2. The van der Waals surface area contributed by atoms with E-state index in [2.05, 4.69) is 15.9 Å². The second-order valence-electron chi connectivity index (χ2n) is 6.00. The summed E-state index contributed by atoms with van der Waals surface area (Å²) in [6.07, 6.45) is 3.95. The van der Waals surface area contributed by atoms with Crippen LogP contribution in [-0.4, -0.2) is 24.2 Å². The van der Waals surface area contributed by atoms with E-state index in [1.54, 1.807) is 0 Å². The van der Waals surface area contributed by atoms with Crippen molar-refractivity contribution in [2.45, 2.75) is 32.1 Å². The minimum absolute atomic E-state index is 0.0518. The van der Waals surface area contributed by atoms with E-state index in [-0.39, 0.29) is 5.56 Å². The summed E-state index contributed by atoms with van der Waals surface area (Å²) in [7, 11) is 0. The molecule has 2 aliphatic carbocycles. The largest absolute Gasteiger partial charge is 0.478 e. The fraction of sp³-hybridized carbons (Fsp3) is 0.412. The minimum Gasteiger partial charge on any atom is -0.478 e. The highest BCUT2D eigenvalue weighted by Gasteiger charge is 2.33. The van der Waals surface area contributed by atoms with Gasteiger partial charge in [0, 0.05) is 0 Å². The molecule has 0 heterocycles. The van der Waals surface area contributed by atoms with Crippen molar-refractivity contribution >= 4 is 33.9 Å². The van der Waals surface area contributed by atoms with Gasteiger partial charge >= 0.3 is 5.97 Å². The Morgan fingerprint density at radius 1 is 1.52 bits per heavy atom. The molecule has 0 saturated carbocycles. The van der Waals surface area contributed by atoms with Gasteiger partial charge in [-0.15, -0.1) is 0 Å². The average molecular weight is 383 g/mol. The third-order valence-electron chi connectivity index (χ3n) is 4.73. The van der Waals surface area contributed by atoms with Crippen molar-refractivity contribution in [3.8, 4) is 0 Å². The van der Waals surface area contributed by atoms with Gasteiger partial charge in [-0.05, 0) is 76.7 Å². The summed E-state index contributed by atoms with van der Waals surface area (Å²) < 4.78 is 19.2. The topological polar surface area (TPSA) is 63.6 Å². The number of carboxylic acids is 1. The molecule has 0 fully saturated rings. The number of carbonyl (C=O) groups is 2. The third kappa shape index (κ3) is 2.92. The van der Waals surface area contributed by atoms with Crippen LogP contribution >= 0.6 is 15.9 Å². The minimum atomic E-state index is -1.09. The third-order valence-corrected chi connectivity index (χ3v) is 5.50. The van der Waals surface area contributed by atoms with Crippen molar-refractivity contribution < 1.29 is 23.8 Å². The van der Waals surface area contributed by atoms with Gasteiger partial charge in [-0.2, -0.15) is 0 Å². The van der Waals surface area contributed by atoms with Crippen molar-refractivity contribution in [3.63, 3.8) is 0 Å². The number of benzene rings is 1. The molecule has 1 aromatic rings. The highest BCUT2D eigenvalue weighted by Crippen LogP contribution is 2.48. The zero-order valence-corrected chi connectivity index (χ0v) is 14.0. The van der Waals surface area contributed by atoms with Crippen LogP contribution in [0.1, 0.15) is 47.2 Å². The van der Waals surface area contributed by atoms with E-state index < -0.39 is 11.8 Å². The highest BCUT2D eigenvalue weighted by molar-refractivity contribution is 9.10. The Balaban J connectivity index is 1.89. The Labute approximate surface area is 141 Å². The molecule has 0 spiro atoms. The van der Waals surface area contributed by atoms with Gasteiger partial charge in [0.15, 0.2) is 0 Å². The first-order chi connectivity index (χ1) is 11.0. The number of aromatic carboxylic acids is 1. The summed E-state index contributed by atoms with van der Waals surface area (Å²) in [6.45, 7) is 0.862. The monoisotopic (exact) mass is 382 g/mol. The molecule has 0 bridgehead atoms. The number of hydrogen-bond donors (Lipinski definition) is 1. The quantitative estimate of drug-likeness (QED) is 0.618. The Morgan fingerprint density at radius 2 is 2.30 bits per heavy atom. The maximum atomic E-state index is 14.1. The molecule has 6 heteroatoms. The second-order valence-corrected chi connectivity index (χ2v) is 6.80. The van der Waals surface area contributed by atoms with Crippen LogP contribution < -0.4 is 0 Å². The van der Waals surface area contributed by atoms with Gasteiger partial charge in [-0.3, -0.25) is 4.79 Å². The predicted octanol–water partition coefficient (Wildman–Crippen LogP) is 3.96. The molecule has 0 amide bonds. The highest BCUT2D eigenvalue weighted by atomic mass is 79.9. The van der Waals surface area contributed by atoms with E-state index in [0.29, 0.717) is 35.5 Å². The fourth-order valence-electron chi connectivity index (χ4n) is 3.68. The molecular formula is C17H16BrFO4. The smallest absolute Gasteiger partial charge is 0.336 e. The molecule has 122 valence electrons. The van der Waals surface area contributed by atoms with Crippen LogP contribution in [0.5, 0.6) is 0 Å². The molecule has 2 aliphatic rings. The molecule has 1 atom stereocenters. The average Bonchev–Trinajstić information content (AvgIpc) is 2.89. The molecule has 0 radical (unpaired) electrons. The van der Waals surface area contributed by atoms with Crippen molar-refractivity contribution in [2.24, 2.45) is 5.92 Å². The normalized spacial score (nSPS) is 19.3. The molecular weight excluding hydrogens is 367 g/mol. The van der Waals surface area contributed by atoms with Crippen LogP contribution in [0.2, 0.25) is 0 Å². The van der Waals surface area contributed by atoms with Crippen molar-refractivity contribution in [3.05, 3.63) is 38.6 Å². The van der Waals surface area contributed by atoms with Crippen molar-refractivity contribution in [1.82, 2.24) is 0 Å². The lowest BCUT2D eigenvalue weighted by Gasteiger charge is -2.24. The van der Waals surface area contributed by atoms with Gasteiger partial charge in [0.1, 0.15) is 5.82 Å². The molecule has 1 unspecified atom stereocenters. The van der Waals surface area contributed by atoms with Crippen molar-refractivity contribution in [2.75, 3.05) is 6.61 Å². The van der Waals surface area contributed by atoms with Crippen LogP contribution in [0.15, 0.2) is 16.1 Å². The number of halogens is 2. The SMILES string of the molecule is O=COCCC1CCC2=C(Cc3c(C(=O)O)cc(F)c(Br)c32)C1. The molecule has 1 aromatic carbocycles. The number of fused-ring (bicyclic) bond motifs is 2. The zero-order chi connectivity index (χ0) is 16.6. The molecule has 3 rings (SSSR count). The number of allylic oxidation sites excluding steroid dienone is 2. The summed E-state index contributed by atoms with van der Waals surface area (Å²) in [4.78, 5) is 21.6. The van der Waals surface area contributed by atoms with Crippen LogP contribution in [0, 0.1) is 11.7 Å². The molecule has 1 N–H and O–H groups in total. The van der Waals surface area contributed by atoms with Gasteiger partial charge < -0.3 is 9.84 Å². The molecule has 4 nitrogen and oxygen atoms in total. The molecule has 0 aromatic heterocycles. The molecule has 0 saturated heterocycles. The van der Waals surface area contributed by atoms with Crippen LogP contribution in [0.25, 0.3) is 5.57 Å².